The Hall–Kier alpha value is -0.660. The molecule has 0 saturated heterocycles. The summed E-state index contributed by atoms with van der Waals surface area (Å²) >= 11 is 0. The molecule has 0 aromatic rings. The SMILES string of the molecule is O=C(O)CCS(=O)(=O)NCCOC1CCCC1. The van der Waals surface area contributed by atoms with Crippen LogP contribution in [0.2, 0.25) is 0 Å². The molecule has 1 fully saturated rings. The van der Waals surface area contributed by atoms with Crippen molar-refractivity contribution in [3.8, 4) is 0 Å². The Kier molecular flexibility index (Phi) is 5.87. The number of ether oxygens (including phenoxy) is 1. The molecule has 1 aliphatic rings. The minimum atomic E-state index is -3.48. The number of hydrogen-bond donors (Lipinski definition) is 2. The Morgan fingerprint density at radius 2 is 2.00 bits per heavy atom. The normalized spacial score (nSPS) is 17.4. The van der Waals surface area contributed by atoms with E-state index in [2.05, 4.69) is 4.72 Å². The van der Waals surface area contributed by atoms with Crippen LogP contribution in [0.15, 0.2) is 0 Å². The van der Waals surface area contributed by atoms with Crippen molar-refractivity contribution >= 4 is 16.0 Å². The Morgan fingerprint density at radius 3 is 2.59 bits per heavy atom. The van der Waals surface area contributed by atoms with E-state index in [1.54, 1.807) is 0 Å². The first-order valence-corrected chi connectivity index (χ1v) is 7.45. The second-order valence-electron chi connectivity index (χ2n) is 4.13. The van der Waals surface area contributed by atoms with Crippen molar-refractivity contribution in [1.82, 2.24) is 4.72 Å². The Labute approximate surface area is 101 Å². The fourth-order valence-corrected chi connectivity index (χ4v) is 2.75. The van der Waals surface area contributed by atoms with Gasteiger partial charge in [-0.2, -0.15) is 0 Å². The van der Waals surface area contributed by atoms with Gasteiger partial charge in [-0.3, -0.25) is 4.79 Å². The van der Waals surface area contributed by atoms with Crippen molar-refractivity contribution in [3.05, 3.63) is 0 Å². The second-order valence-corrected chi connectivity index (χ2v) is 6.06. The van der Waals surface area contributed by atoms with Crippen LogP contribution in [0, 0.1) is 0 Å². The van der Waals surface area contributed by atoms with Gasteiger partial charge >= 0.3 is 5.97 Å². The molecule has 0 amide bonds. The summed E-state index contributed by atoms with van der Waals surface area (Å²) in [5, 5.41) is 8.38. The van der Waals surface area contributed by atoms with Crippen molar-refractivity contribution in [1.29, 1.82) is 0 Å². The zero-order valence-electron chi connectivity index (χ0n) is 9.72. The third-order valence-electron chi connectivity index (χ3n) is 2.66. The number of carboxylic acids is 1. The second kappa shape index (κ2) is 6.93. The van der Waals surface area contributed by atoms with Gasteiger partial charge in [0.05, 0.1) is 24.9 Å². The number of nitrogens with one attached hydrogen (secondary N) is 1. The lowest BCUT2D eigenvalue weighted by atomic mass is 10.3. The number of carbonyl (C=O) groups is 1. The first kappa shape index (κ1) is 14.4. The Morgan fingerprint density at radius 1 is 1.35 bits per heavy atom. The zero-order chi connectivity index (χ0) is 12.7. The van der Waals surface area contributed by atoms with E-state index in [4.69, 9.17) is 9.84 Å². The maximum atomic E-state index is 11.3. The standard InChI is InChI=1S/C10H19NO5S/c12-10(13)5-8-17(14,15)11-6-7-16-9-3-1-2-4-9/h9,11H,1-8H2,(H,12,13). The lowest BCUT2D eigenvalue weighted by Crippen LogP contribution is -2.31. The van der Waals surface area contributed by atoms with E-state index in [9.17, 15) is 13.2 Å². The Balaban J connectivity index is 2.09. The van der Waals surface area contributed by atoms with E-state index in [0.29, 0.717) is 6.61 Å². The molecule has 7 heteroatoms. The van der Waals surface area contributed by atoms with Gasteiger partial charge in [-0.25, -0.2) is 13.1 Å². The quantitative estimate of drug-likeness (QED) is 0.617. The maximum absolute atomic E-state index is 11.3. The van der Waals surface area contributed by atoms with Crippen LogP contribution in [0.5, 0.6) is 0 Å². The van der Waals surface area contributed by atoms with Crippen LogP contribution in [0.25, 0.3) is 0 Å². The predicted octanol–water partition coefficient (Wildman–Crippen LogP) is 0.340. The molecular formula is C10H19NO5S. The number of sulfonamides is 1. The first-order valence-electron chi connectivity index (χ1n) is 5.80. The molecule has 0 heterocycles. The maximum Gasteiger partial charge on any atom is 0.304 e. The highest BCUT2D eigenvalue weighted by atomic mass is 32.2. The van der Waals surface area contributed by atoms with Gasteiger partial charge in [-0.05, 0) is 12.8 Å². The molecule has 6 nitrogen and oxygen atoms in total. The lowest BCUT2D eigenvalue weighted by Gasteiger charge is -2.11. The molecule has 0 atom stereocenters. The summed E-state index contributed by atoms with van der Waals surface area (Å²) in [6.45, 7) is 0.551. The average Bonchev–Trinajstić information content (AvgIpc) is 2.75. The molecule has 0 bridgehead atoms. The molecule has 0 unspecified atom stereocenters. The van der Waals surface area contributed by atoms with Gasteiger partial charge in [0.1, 0.15) is 0 Å². The highest BCUT2D eigenvalue weighted by Crippen LogP contribution is 2.20. The van der Waals surface area contributed by atoms with Crippen molar-refractivity contribution in [2.45, 2.75) is 38.2 Å². The van der Waals surface area contributed by atoms with Crippen LogP contribution in [0.1, 0.15) is 32.1 Å². The fraction of sp³-hybridized carbons (Fsp3) is 0.900. The van der Waals surface area contributed by atoms with Crippen LogP contribution in [-0.2, 0) is 19.6 Å². The zero-order valence-corrected chi connectivity index (χ0v) is 10.5. The van der Waals surface area contributed by atoms with Gasteiger partial charge in [-0.1, -0.05) is 12.8 Å². The number of rotatable bonds is 8. The molecule has 1 saturated carbocycles. The van der Waals surface area contributed by atoms with Gasteiger partial charge in [0.25, 0.3) is 0 Å². The van der Waals surface area contributed by atoms with Gasteiger partial charge < -0.3 is 9.84 Å². The van der Waals surface area contributed by atoms with E-state index in [1.165, 1.54) is 12.8 Å². The van der Waals surface area contributed by atoms with Gasteiger partial charge in [0.2, 0.25) is 10.0 Å². The highest BCUT2D eigenvalue weighted by molar-refractivity contribution is 7.89. The molecular weight excluding hydrogens is 246 g/mol. The molecule has 0 aromatic heterocycles. The van der Waals surface area contributed by atoms with Crippen LogP contribution >= 0.6 is 0 Å². The number of hydrogen-bond acceptors (Lipinski definition) is 4. The minimum Gasteiger partial charge on any atom is -0.481 e. The van der Waals surface area contributed by atoms with Crippen LogP contribution in [-0.4, -0.2) is 44.5 Å². The summed E-state index contributed by atoms with van der Waals surface area (Å²) in [6, 6.07) is 0. The van der Waals surface area contributed by atoms with E-state index in [-0.39, 0.29) is 24.8 Å². The largest absolute Gasteiger partial charge is 0.481 e. The smallest absolute Gasteiger partial charge is 0.304 e. The van der Waals surface area contributed by atoms with Gasteiger partial charge in [0.15, 0.2) is 0 Å². The molecule has 17 heavy (non-hydrogen) atoms. The van der Waals surface area contributed by atoms with E-state index < -0.39 is 16.0 Å². The lowest BCUT2D eigenvalue weighted by molar-refractivity contribution is -0.136. The monoisotopic (exact) mass is 265 g/mol. The molecule has 0 radical (unpaired) electrons. The number of aliphatic carboxylic acids is 1. The third-order valence-corrected chi connectivity index (χ3v) is 4.05. The van der Waals surface area contributed by atoms with Gasteiger partial charge in [-0.15, -0.1) is 0 Å². The average molecular weight is 265 g/mol. The van der Waals surface area contributed by atoms with Crippen molar-refractivity contribution < 1.29 is 23.1 Å². The van der Waals surface area contributed by atoms with Crippen LogP contribution < -0.4 is 4.72 Å². The first-order chi connectivity index (χ1) is 7.99. The third kappa shape index (κ3) is 6.60. The van der Waals surface area contributed by atoms with Crippen molar-refractivity contribution in [3.63, 3.8) is 0 Å². The Bertz CT molecular complexity index is 335. The topological polar surface area (TPSA) is 92.7 Å². The molecule has 1 aliphatic carbocycles. The van der Waals surface area contributed by atoms with Crippen molar-refractivity contribution in [2.75, 3.05) is 18.9 Å². The van der Waals surface area contributed by atoms with Gasteiger partial charge in [0, 0.05) is 6.54 Å². The highest BCUT2D eigenvalue weighted by Gasteiger charge is 2.16. The number of carboxylic acid groups (broad SMARTS) is 1. The molecule has 2 N–H and O–H groups in total. The van der Waals surface area contributed by atoms with Crippen LogP contribution in [0.3, 0.4) is 0 Å². The summed E-state index contributed by atoms with van der Waals surface area (Å²) < 4.78 is 30.4. The minimum absolute atomic E-state index is 0.207. The fourth-order valence-electron chi connectivity index (χ4n) is 1.77. The molecule has 0 spiro atoms. The molecule has 1 rings (SSSR count). The van der Waals surface area contributed by atoms with E-state index >= 15 is 0 Å². The summed E-state index contributed by atoms with van der Waals surface area (Å²) in [5.41, 5.74) is 0. The molecule has 100 valence electrons. The molecule has 0 aliphatic heterocycles. The van der Waals surface area contributed by atoms with E-state index in [1.807, 2.05) is 0 Å². The summed E-state index contributed by atoms with van der Waals surface area (Å²) in [7, 11) is -3.48. The predicted molar refractivity (Wildman–Crippen MR) is 62.3 cm³/mol. The van der Waals surface area contributed by atoms with E-state index in [0.717, 1.165) is 12.8 Å². The van der Waals surface area contributed by atoms with Crippen molar-refractivity contribution in [2.24, 2.45) is 0 Å². The van der Waals surface area contributed by atoms with Crippen LogP contribution in [0.4, 0.5) is 0 Å². The summed E-state index contributed by atoms with van der Waals surface area (Å²) in [6.07, 6.45) is 4.33. The summed E-state index contributed by atoms with van der Waals surface area (Å²) in [4.78, 5) is 10.2. The summed E-state index contributed by atoms with van der Waals surface area (Å²) in [5.74, 6) is -1.50. The molecule has 0 aromatic carbocycles.